The molecule has 2 fully saturated rings. The Hall–Kier alpha value is -2.80. The van der Waals surface area contributed by atoms with Crippen molar-refractivity contribution >= 4 is 5.91 Å². The Labute approximate surface area is 236 Å². The molecule has 1 N–H and O–H groups in total. The average molecular weight is 576 g/mol. The molecule has 1 amide bonds. The molecule has 2 aromatic rings. The van der Waals surface area contributed by atoms with Gasteiger partial charge < -0.3 is 19.4 Å². The van der Waals surface area contributed by atoms with Crippen molar-refractivity contribution in [2.45, 2.75) is 75.7 Å². The largest absolute Gasteiger partial charge is 0.416 e. The van der Waals surface area contributed by atoms with Gasteiger partial charge in [0.15, 0.2) is 0 Å². The van der Waals surface area contributed by atoms with Crippen LogP contribution in [0.25, 0.3) is 0 Å². The minimum Gasteiger partial charge on any atom is -0.381 e. The van der Waals surface area contributed by atoms with Crippen LogP contribution in [0.15, 0.2) is 35.4 Å². The number of likely N-dealkylation sites (tertiary alicyclic amines) is 1. The summed E-state index contributed by atoms with van der Waals surface area (Å²) < 4.78 is 53.5. The van der Waals surface area contributed by atoms with E-state index < -0.39 is 17.3 Å². The quantitative estimate of drug-likeness (QED) is 0.567. The molecule has 12 heteroatoms. The smallest absolute Gasteiger partial charge is 0.381 e. The van der Waals surface area contributed by atoms with Crippen LogP contribution in [-0.2, 0) is 40.0 Å². The number of pyridine rings is 2. The van der Waals surface area contributed by atoms with Gasteiger partial charge in [-0.1, -0.05) is 0 Å². The lowest BCUT2D eigenvalue weighted by Gasteiger charge is -2.30. The molecule has 0 spiro atoms. The maximum atomic E-state index is 13.3. The number of aromatic nitrogens is 2. The van der Waals surface area contributed by atoms with Crippen LogP contribution in [0.4, 0.5) is 13.2 Å². The van der Waals surface area contributed by atoms with Crippen LogP contribution in [-0.4, -0.2) is 82.8 Å². The van der Waals surface area contributed by atoms with E-state index in [0.717, 1.165) is 56.9 Å². The topological polar surface area (TPSA) is 88.9 Å². The molecule has 4 aliphatic rings. The molecule has 41 heavy (non-hydrogen) atoms. The number of hydrogen-bond donors (Lipinski definition) is 1. The zero-order valence-electron chi connectivity index (χ0n) is 22.9. The summed E-state index contributed by atoms with van der Waals surface area (Å²) in [5, 5.41) is 3.19. The van der Waals surface area contributed by atoms with E-state index in [1.807, 2.05) is 12.3 Å². The van der Waals surface area contributed by atoms with E-state index in [2.05, 4.69) is 15.2 Å². The van der Waals surface area contributed by atoms with E-state index in [-0.39, 0.29) is 49.5 Å². The van der Waals surface area contributed by atoms with Gasteiger partial charge in [-0.25, -0.2) is 0 Å². The van der Waals surface area contributed by atoms with Crippen LogP contribution in [0, 0.1) is 0 Å². The predicted octanol–water partition coefficient (Wildman–Crippen LogP) is 2.52. The third kappa shape index (κ3) is 6.35. The number of carbonyl (C=O) groups is 1. The number of hydrogen-bond acceptors (Lipinski definition) is 7. The van der Waals surface area contributed by atoms with Crippen LogP contribution >= 0.6 is 0 Å². The lowest BCUT2D eigenvalue weighted by atomic mass is 10.1. The first kappa shape index (κ1) is 28.3. The Kier molecular flexibility index (Phi) is 8.17. The minimum absolute atomic E-state index is 0.0306. The maximum absolute atomic E-state index is 13.3. The van der Waals surface area contributed by atoms with Crippen molar-refractivity contribution < 1.29 is 27.4 Å². The van der Waals surface area contributed by atoms with Gasteiger partial charge in [0.2, 0.25) is 5.91 Å². The number of halogens is 3. The van der Waals surface area contributed by atoms with Gasteiger partial charge in [-0.3, -0.25) is 24.4 Å². The van der Waals surface area contributed by atoms with Gasteiger partial charge in [-0.15, -0.1) is 0 Å². The normalized spacial score (nSPS) is 27.3. The Morgan fingerprint density at radius 3 is 2.88 bits per heavy atom. The Morgan fingerprint density at radius 1 is 1.15 bits per heavy atom. The first-order valence-corrected chi connectivity index (χ1v) is 14.5. The standard InChI is InChI=1S/C29H36F3N5O4/c30-29(31,32)20-12-22-15-35(8-9-37(22)28(39)13-20)18-27(38)34-24-16-36(21-2-1-10-40-11-6-21)17-26(24)41-25-4-3-19-14-33-7-5-23(19)25/h5,7,12-14,21,24-26H,1-4,6,8-11,15-18H2,(H,34,38)/t21?,24?,25?,26-/m0/s1. The van der Waals surface area contributed by atoms with Crippen molar-refractivity contribution in [2.75, 3.05) is 39.4 Å². The Morgan fingerprint density at radius 2 is 2.02 bits per heavy atom. The fraction of sp³-hybridized carbons (Fsp3) is 0.621. The highest BCUT2D eigenvalue weighted by atomic mass is 19.4. The molecular weight excluding hydrogens is 539 g/mol. The van der Waals surface area contributed by atoms with E-state index in [4.69, 9.17) is 9.47 Å². The SMILES string of the molecule is O=C(CN1CCn2c(cc(C(F)(F)F)cc2=O)C1)NC1CN(C2CCCOCC2)C[C@@H]1OC1CCc2cnccc21. The monoisotopic (exact) mass is 575 g/mol. The molecule has 0 saturated carbocycles. The predicted molar refractivity (Wildman–Crippen MR) is 143 cm³/mol. The third-order valence-electron chi connectivity index (χ3n) is 8.82. The first-order chi connectivity index (χ1) is 19.7. The summed E-state index contributed by atoms with van der Waals surface area (Å²) in [6.07, 6.45) is 3.62. The Bertz CT molecular complexity index is 1310. The van der Waals surface area contributed by atoms with Gasteiger partial charge in [0.25, 0.3) is 5.56 Å². The second kappa shape index (κ2) is 11.8. The van der Waals surface area contributed by atoms with Gasteiger partial charge >= 0.3 is 6.18 Å². The van der Waals surface area contributed by atoms with Gasteiger partial charge in [0, 0.05) is 76.1 Å². The second-order valence-corrected chi connectivity index (χ2v) is 11.5. The van der Waals surface area contributed by atoms with Crippen molar-refractivity contribution in [3.8, 4) is 0 Å². The highest BCUT2D eigenvalue weighted by molar-refractivity contribution is 5.78. The van der Waals surface area contributed by atoms with E-state index in [0.29, 0.717) is 31.7 Å². The molecule has 9 nitrogen and oxygen atoms in total. The first-order valence-electron chi connectivity index (χ1n) is 14.5. The summed E-state index contributed by atoms with van der Waals surface area (Å²) in [6.45, 7) is 3.65. The van der Waals surface area contributed by atoms with Gasteiger partial charge in [0.05, 0.1) is 30.4 Å². The van der Waals surface area contributed by atoms with E-state index in [1.165, 1.54) is 10.1 Å². The number of rotatable bonds is 6. The van der Waals surface area contributed by atoms with Gasteiger partial charge in [-0.2, -0.15) is 13.2 Å². The molecule has 6 rings (SSSR count). The maximum Gasteiger partial charge on any atom is 0.416 e. The summed E-state index contributed by atoms with van der Waals surface area (Å²) in [4.78, 5) is 34.0. The van der Waals surface area contributed by atoms with Crippen LogP contribution in [0.3, 0.4) is 0 Å². The molecule has 1 aliphatic carbocycles. The number of amides is 1. The summed E-state index contributed by atoms with van der Waals surface area (Å²) in [5.41, 5.74) is 0.998. The van der Waals surface area contributed by atoms with Crippen LogP contribution in [0.2, 0.25) is 0 Å². The van der Waals surface area contributed by atoms with E-state index >= 15 is 0 Å². The van der Waals surface area contributed by atoms with Crippen molar-refractivity contribution in [3.63, 3.8) is 0 Å². The molecular formula is C29H36F3N5O4. The van der Waals surface area contributed by atoms with Gasteiger partial charge in [0.1, 0.15) is 0 Å². The molecule has 2 saturated heterocycles. The van der Waals surface area contributed by atoms with Crippen molar-refractivity contribution in [3.05, 3.63) is 63.3 Å². The third-order valence-corrected chi connectivity index (χ3v) is 8.82. The summed E-state index contributed by atoms with van der Waals surface area (Å²) in [6, 6.07) is 3.81. The summed E-state index contributed by atoms with van der Waals surface area (Å²) in [7, 11) is 0. The number of fused-ring (bicyclic) bond motifs is 2. The number of nitrogens with zero attached hydrogens (tertiary/aromatic N) is 4. The number of alkyl halides is 3. The fourth-order valence-electron chi connectivity index (χ4n) is 6.73. The number of carbonyl (C=O) groups excluding carboxylic acids is 1. The molecule has 2 aromatic heterocycles. The average Bonchev–Trinajstić information content (AvgIpc) is 3.41. The van der Waals surface area contributed by atoms with Crippen molar-refractivity contribution in [1.29, 1.82) is 0 Å². The second-order valence-electron chi connectivity index (χ2n) is 11.5. The van der Waals surface area contributed by atoms with Crippen molar-refractivity contribution in [2.24, 2.45) is 0 Å². The molecule has 0 radical (unpaired) electrons. The van der Waals surface area contributed by atoms with Crippen molar-refractivity contribution in [1.82, 2.24) is 24.7 Å². The lowest BCUT2D eigenvalue weighted by molar-refractivity contribution is -0.138. The molecule has 0 bridgehead atoms. The van der Waals surface area contributed by atoms with Crippen LogP contribution < -0.4 is 10.9 Å². The van der Waals surface area contributed by atoms with Crippen LogP contribution in [0.1, 0.15) is 54.2 Å². The van der Waals surface area contributed by atoms with Crippen LogP contribution in [0.5, 0.6) is 0 Å². The van der Waals surface area contributed by atoms with E-state index in [9.17, 15) is 22.8 Å². The van der Waals surface area contributed by atoms with E-state index in [1.54, 1.807) is 11.1 Å². The number of ether oxygens (including phenoxy) is 2. The lowest BCUT2D eigenvalue weighted by Crippen LogP contribution is -2.49. The highest BCUT2D eigenvalue weighted by Gasteiger charge is 2.40. The minimum atomic E-state index is -4.60. The molecule has 3 unspecified atom stereocenters. The van der Waals surface area contributed by atoms with Gasteiger partial charge in [-0.05, 0) is 55.4 Å². The molecule has 4 atom stereocenters. The molecule has 222 valence electrons. The molecule has 0 aromatic carbocycles. The number of nitrogens with one attached hydrogen (secondary N) is 1. The molecule has 5 heterocycles. The zero-order chi connectivity index (χ0) is 28.6. The fourth-order valence-corrected chi connectivity index (χ4v) is 6.73. The summed E-state index contributed by atoms with van der Waals surface area (Å²) >= 11 is 0. The summed E-state index contributed by atoms with van der Waals surface area (Å²) in [5.74, 6) is -0.201. The molecule has 3 aliphatic heterocycles. The highest BCUT2D eigenvalue weighted by Crippen LogP contribution is 2.36. The Balaban J connectivity index is 1.13. The zero-order valence-corrected chi connectivity index (χ0v) is 22.9. The number of aryl methyl sites for hydroxylation is 1.